The molecular weight excluding hydrogens is 354 g/mol. The molecule has 0 spiro atoms. The van der Waals surface area contributed by atoms with Crippen LogP contribution in [-0.2, 0) is 20.6 Å². The molecule has 3 N–H and O–H groups in total. The molecule has 1 aromatic carbocycles. The summed E-state index contributed by atoms with van der Waals surface area (Å²) < 4.78 is 3.16. The van der Waals surface area contributed by atoms with Crippen LogP contribution in [0.25, 0.3) is 11.0 Å². The number of carbonyl (C=O) groups is 2. The van der Waals surface area contributed by atoms with E-state index in [4.69, 9.17) is 0 Å². The van der Waals surface area contributed by atoms with Gasteiger partial charge in [0.1, 0.15) is 11.5 Å². The van der Waals surface area contributed by atoms with Crippen LogP contribution in [0, 0.1) is 10.1 Å². The van der Waals surface area contributed by atoms with E-state index in [-0.39, 0.29) is 17.9 Å². The number of carbonyl (C=O) groups excluding carboxylic acids is 2. The van der Waals surface area contributed by atoms with Gasteiger partial charge in [0.2, 0.25) is 0 Å². The molecule has 3 aromatic rings. The second kappa shape index (κ2) is 7.15. The summed E-state index contributed by atoms with van der Waals surface area (Å²) in [4.78, 5) is 38.5. The van der Waals surface area contributed by atoms with Gasteiger partial charge in [-0.2, -0.15) is 0 Å². The number of urea groups is 1. The molecule has 0 saturated carbocycles. The van der Waals surface area contributed by atoms with Gasteiger partial charge in [0, 0.05) is 20.2 Å². The van der Waals surface area contributed by atoms with Crippen LogP contribution in [0.4, 0.5) is 10.5 Å². The average Bonchev–Trinajstić information content (AvgIpc) is 3.19. The minimum atomic E-state index is -0.677. The molecule has 0 saturated heterocycles. The van der Waals surface area contributed by atoms with E-state index >= 15 is 0 Å². The molecule has 0 fully saturated rings. The molecule has 2 aromatic heterocycles. The molecule has 0 atom stereocenters. The molecule has 3 rings (SSSR count). The fourth-order valence-electron chi connectivity index (χ4n) is 2.61. The van der Waals surface area contributed by atoms with Gasteiger partial charge in [-0.25, -0.2) is 15.2 Å². The van der Waals surface area contributed by atoms with Crippen LogP contribution < -0.4 is 16.2 Å². The van der Waals surface area contributed by atoms with Crippen molar-refractivity contribution in [2.45, 2.75) is 6.54 Å². The van der Waals surface area contributed by atoms with Gasteiger partial charge in [-0.1, -0.05) is 12.1 Å². The first-order valence-electron chi connectivity index (χ1n) is 7.92. The SMILES string of the molecule is Cn1cc([N+](=O)[O-])cc1C(=O)NNC(=O)NCc1nc2ccccc2n1C. The second-order valence-electron chi connectivity index (χ2n) is 5.79. The molecule has 3 amide bonds. The Morgan fingerprint density at radius 2 is 1.96 bits per heavy atom. The number of nitro groups is 1. The lowest BCUT2D eigenvalue weighted by atomic mass is 10.3. The molecule has 0 aliphatic carbocycles. The summed E-state index contributed by atoms with van der Waals surface area (Å²) in [5.41, 5.74) is 5.98. The van der Waals surface area contributed by atoms with Crippen LogP contribution in [0.5, 0.6) is 0 Å². The van der Waals surface area contributed by atoms with Crippen molar-refractivity contribution >= 4 is 28.7 Å². The van der Waals surface area contributed by atoms with E-state index in [1.807, 2.05) is 35.9 Å². The standard InChI is InChI=1S/C16H17N7O4/c1-21-9-10(23(26)27)7-13(21)15(24)19-20-16(25)17-8-14-18-11-5-3-4-6-12(11)22(14)2/h3-7,9H,8H2,1-2H3,(H,19,24)(H2,17,20,25). The Morgan fingerprint density at radius 3 is 2.63 bits per heavy atom. The number of imidazole rings is 1. The third-order valence-electron chi connectivity index (χ3n) is 4.01. The van der Waals surface area contributed by atoms with Crippen molar-refractivity contribution in [2.75, 3.05) is 0 Å². The number of para-hydroxylation sites is 2. The van der Waals surface area contributed by atoms with Gasteiger partial charge in [0.15, 0.2) is 0 Å². The highest BCUT2D eigenvalue weighted by Gasteiger charge is 2.18. The summed E-state index contributed by atoms with van der Waals surface area (Å²) in [7, 11) is 3.34. The smallest absolute Gasteiger partial charge is 0.333 e. The third-order valence-corrected chi connectivity index (χ3v) is 4.01. The van der Waals surface area contributed by atoms with Gasteiger partial charge < -0.3 is 14.5 Å². The predicted molar refractivity (Wildman–Crippen MR) is 95.6 cm³/mol. The fourth-order valence-corrected chi connectivity index (χ4v) is 2.61. The maximum absolute atomic E-state index is 12.0. The van der Waals surface area contributed by atoms with Gasteiger partial charge in [0.25, 0.3) is 11.6 Å². The number of fused-ring (bicyclic) bond motifs is 1. The number of nitrogens with one attached hydrogen (secondary N) is 3. The normalized spacial score (nSPS) is 10.6. The molecule has 0 bridgehead atoms. The second-order valence-corrected chi connectivity index (χ2v) is 5.79. The summed E-state index contributed by atoms with van der Waals surface area (Å²) >= 11 is 0. The number of benzene rings is 1. The van der Waals surface area contributed by atoms with Crippen molar-refractivity contribution in [1.82, 2.24) is 30.3 Å². The molecular formula is C16H17N7O4. The predicted octanol–water partition coefficient (Wildman–Crippen LogP) is 0.964. The fraction of sp³-hybridized carbons (Fsp3) is 0.188. The number of nitrogens with zero attached hydrogens (tertiary/aromatic N) is 4. The van der Waals surface area contributed by atoms with Gasteiger partial charge in [-0.05, 0) is 12.1 Å². The van der Waals surface area contributed by atoms with Crippen LogP contribution in [0.2, 0.25) is 0 Å². The van der Waals surface area contributed by atoms with Gasteiger partial charge >= 0.3 is 6.03 Å². The van der Waals surface area contributed by atoms with Gasteiger partial charge in [-0.3, -0.25) is 20.3 Å². The quantitative estimate of drug-likeness (QED) is 0.464. The first kappa shape index (κ1) is 17.9. The van der Waals surface area contributed by atoms with Gasteiger partial charge in [-0.15, -0.1) is 0 Å². The number of aryl methyl sites for hydroxylation is 2. The lowest BCUT2D eigenvalue weighted by Crippen LogP contribution is -2.47. The van der Waals surface area contributed by atoms with Crippen molar-refractivity contribution in [3.05, 3.63) is 58.2 Å². The number of hydrogen-bond donors (Lipinski definition) is 3. The minimum absolute atomic E-state index is 0.0392. The molecule has 27 heavy (non-hydrogen) atoms. The highest BCUT2D eigenvalue weighted by atomic mass is 16.6. The summed E-state index contributed by atoms with van der Waals surface area (Å²) in [5.74, 6) is -0.0285. The number of amides is 3. The summed E-state index contributed by atoms with van der Waals surface area (Å²) in [6.07, 6.45) is 1.21. The largest absolute Gasteiger partial charge is 0.340 e. The number of aromatic nitrogens is 3. The zero-order valence-electron chi connectivity index (χ0n) is 14.6. The Morgan fingerprint density at radius 1 is 1.22 bits per heavy atom. The summed E-state index contributed by atoms with van der Waals surface area (Å²) in [6, 6.07) is 8.05. The molecule has 0 radical (unpaired) electrons. The molecule has 0 unspecified atom stereocenters. The van der Waals surface area contributed by atoms with Crippen molar-refractivity contribution < 1.29 is 14.5 Å². The molecule has 0 aliphatic heterocycles. The highest BCUT2D eigenvalue weighted by molar-refractivity contribution is 5.94. The van der Waals surface area contributed by atoms with E-state index in [0.29, 0.717) is 5.82 Å². The van der Waals surface area contributed by atoms with E-state index in [1.165, 1.54) is 17.8 Å². The summed E-state index contributed by atoms with van der Waals surface area (Å²) in [5, 5.41) is 13.3. The Bertz CT molecular complexity index is 1040. The Kier molecular flexibility index (Phi) is 4.75. The zero-order chi connectivity index (χ0) is 19.6. The van der Waals surface area contributed by atoms with Crippen LogP contribution in [0.1, 0.15) is 16.3 Å². The lowest BCUT2D eigenvalue weighted by Gasteiger charge is -2.09. The van der Waals surface area contributed by atoms with Crippen LogP contribution in [0.3, 0.4) is 0 Å². The van der Waals surface area contributed by atoms with E-state index in [9.17, 15) is 19.7 Å². The molecule has 11 heteroatoms. The number of hydrazine groups is 1. The lowest BCUT2D eigenvalue weighted by molar-refractivity contribution is -0.384. The van der Waals surface area contributed by atoms with Crippen LogP contribution in [0.15, 0.2) is 36.5 Å². The first-order valence-corrected chi connectivity index (χ1v) is 7.92. The van der Waals surface area contributed by atoms with Crippen LogP contribution >= 0.6 is 0 Å². The maximum Gasteiger partial charge on any atom is 0.333 e. The monoisotopic (exact) mass is 371 g/mol. The van der Waals surface area contributed by atoms with Crippen molar-refractivity contribution in [2.24, 2.45) is 14.1 Å². The molecule has 11 nitrogen and oxygen atoms in total. The van der Waals surface area contributed by atoms with E-state index in [2.05, 4.69) is 21.2 Å². The topological polar surface area (TPSA) is 136 Å². The van der Waals surface area contributed by atoms with E-state index in [1.54, 1.807) is 0 Å². The van der Waals surface area contributed by atoms with Crippen molar-refractivity contribution in [3.8, 4) is 0 Å². The molecule has 2 heterocycles. The molecule has 140 valence electrons. The van der Waals surface area contributed by atoms with E-state index < -0.39 is 16.9 Å². The van der Waals surface area contributed by atoms with Crippen molar-refractivity contribution in [1.29, 1.82) is 0 Å². The zero-order valence-corrected chi connectivity index (χ0v) is 14.6. The number of hydrogen-bond acceptors (Lipinski definition) is 5. The third kappa shape index (κ3) is 3.71. The van der Waals surface area contributed by atoms with E-state index in [0.717, 1.165) is 17.1 Å². The Hall–Kier alpha value is -3.89. The van der Waals surface area contributed by atoms with Crippen molar-refractivity contribution in [3.63, 3.8) is 0 Å². The Labute approximate surface area is 153 Å². The Balaban J connectivity index is 1.55. The summed E-state index contributed by atoms with van der Waals surface area (Å²) in [6.45, 7) is 0.155. The first-order chi connectivity index (χ1) is 12.9. The highest BCUT2D eigenvalue weighted by Crippen LogP contribution is 2.15. The maximum atomic E-state index is 12.0. The minimum Gasteiger partial charge on any atom is -0.340 e. The average molecular weight is 371 g/mol. The van der Waals surface area contributed by atoms with Crippen LogP contribution in [-0.4, -0.2) is 31.0 Å². The molecule has 0 aliphatic rings. The van der Waals surface area contributed by atoms with Gasteiger partial charge in [0.05, 0.1) is 28.7 Å². The number of rotatable bonds is 4.